The number of hydrogen-bond donors (Lipinski definition) is 0. The Morgan fingerprint density at radius 1 is 1.11 bits per heavy atom. The van der Waals surface area contributed by atoms with Crippen LogP contribution in [0, 0.1) is 0 Å². The van der Waals surface area contributed by atoms with Crippen LogP contribution in [0.15, 0.2) is 42.5 Å². The van der Waals surface area contributed by atoms with Gasteiger partial charge < -0.3 is 19.1 Å². The number of rotatable bonds is 7. The Morgan fingerprint density at radius 3 is 2.61 bits per heavy atom. The second-order valence-electron chi connectivity index (χ2n) is 6.42. The molecule has 6 nitrogen and oxygen atoms in total. The maximum atomic E-state index is 12.5. The molecule has 0 aliphatic carbocycles. The number of esters is 1. The van der Waals surface area contributed by atoms with E-state index in [1.165, 1.54) is 0 Å². The van der Waals surface area contributed by atoms with Crippen LogP contribution < -0.4 is 14.4 Å². The third-order valence-corrected chi connectivity index (χ3v) is 5.55. The van der Waals surface area contributed by atoms with E-state index in [-0.39, 0.29) is 12.1 Å². The fourth-order valence-electron chi connectivity index (χ4n) is 3.06. The van der Waals surface area contributed by atoms with Crippen molar-refractivity contribution in [3.63, 3.8) is 0 Å². The number of aromatic nitrogens is 1. The van der Waals surface area contributed by atoms with Crippen molar-refractivity contribution in [2.75, 3.05) is 31.2 Å². The Morgan fingerprint density at radius 2 is 1.86 bits per heavy atom. The zero-order valence-electron chi connectivity index (χ0n) is 15.9. The van der Waals surface area contributed by atoms with Crippen molar-refractivity contribution in [2.24, 2.45) is 0 Å². The minimum atomic E-state index is -0.349. The lowest BCUT2D eigenvalue weighted by Crippen LogP contribution is -2.53. The van der Waals surface area contributed by atoms with Crippen LogP contribution in [0.5, 0.6) is 11.5 Å². The van der Waals surface area contributed by atoms with Crippen LogP contribution in [0.4, 0.5) is 5.13 Å². The van der Waals surface area contributed by atoms with Crippen molar-refractivity contribution in [3.05, 3.63) is 48.0 Å². The molecule has 1 fully saturated rings. The highest BCUT2D eigenvalue weighted by atomic mass is 32.1. The molecule has 1 aliphatic heterocycles. The summed E-state index contributed by atoms with van der Waals surface area (Å²) in [6.45, 7) is 6.14. The van der Waals surface area contributed by atoms with E-state index in [4.69, 9.17) is 14.2 Å². The van der Waals surface area contributed by atoms with Gasteiger partial charge in [-0.15, -0.1) is 0 Å². The van der Waals surface area contributed by atoms with Gasteiger partial charge in [0.25, 0.3) is 0 Å². The van der Waals surface area contributed by atoms with Gasteiger partial charge in [0.2, 0.25) is 0 Å². The van der Waals surface area contributed by atoms with Gasteiger partial charge in [0.1, 0.15) is 6.10 Å². The molecule has 28 heavy (non-hydrogen) atoms. The molecule has 7 heteroatoms. The second kappa shape index (κ2) is 8.06. The molecule has 4 rings (SSSR count). The SMILES string of the molecule is CCOc1ccc(C(=O)OC2CN(c3nc4ccccc4s3)C2)cc1OCC. The van der Waals surface area contributed by atoms with Gasteiger partial charge in [-0.25, -0.2) is 9.78 Å². The molecule has 0 saturated carbocycles. The van der Waals surface area contributed by atoms with E-state index in [9.17, 15) is 4.79 Å². The predicted molar refractivity (Wildman–Crippen MR) is 110 cm³/mol. The fourth-order valence-corrected chi connectivity index (χ4v) is 4.05. The predicted octanol–water partition coefficient (Wildman–Crippen LogP) is 4.14. The number of benzene rings is 2. The van der Waals surface area contributed by atoms with Crippen molar-refractivity contribution >= 4 is 32.7 Å². The van der Waals surface area contributed by atoms with E-state index in [0.29, 0.717) is 43.4 Å². The normalized spacial score (nSPS) is 14.0. The van der Waals surface area contributed by atoms with Gasteiger partial charge in [-0.05, 0) is 44.2 Å². The minimum Gasteiger partial charge on any atom is -0.490 e. The molecule has 1 aromatic heterocycles. The number of thiazole rings is 1. The van der Waals surface area contributed by atoms with Gasteiger partial charge in [0.05, 0.1) is 42.1 Å². The molecule has 0 unspecified atom stereocenters. The molecule has 3 aromatic rings. The smallest absolute Gasteiger partial charge is 0.338 e. The van der Waals surface area contributed by atoms with Gasteiger partial charge in [-0.2, -0.15) is 0 Å². The summed E-state index contributed by atoms with van der Waals surface area (Å²) in [5.41, 5.74) is 1.46. The average molecular weight is 398 g/mol. The van der Waals surface area contributed by atoms with Gasteiger partial charge in [-0.1, -0.05) is 23.5 Å². The molecule has 1 aliphatic rings. The molecule has 0 radical (unpaired) electrons. The number of para-hydroxylation sites is 1. The number of hydrogen-bond acceptors (Lipinski definition) is 7. The van der Waals surface area contributed by atoms with Crippen LogP contribution in [0.3, 0.4) is 0 Å². The summed E-state index contributed by atoms with van der Waals surface area (Å²) in [6.07, 6.45) is -0.137. The lowest BCUT2D eigenvalue weighted by molar-refractivity contribution is 0.0234. The number of nitrogens with zero attached hydrogens (tertiary/aromatic N) is 2. The molecule has 0 amide bonds. The zero-order chi connectivity index (χ0) is 19.5. The molecule has 0 bridgehead atoms. The van der Waals surface area contributed by atoms with Crippen LogP contribution in [-0.4, -0.2) is 43.4 Å². The van der Waals surface area contributed by atoms with E-state index in [1.54, 1.807) is 29.5 Å². The first-order valence-corrected chi connectivity index (χ1v) is 10.2. The number of carbonyl (C=O) groups excluding carboxylic acids is 1. The molecular weight excluding hydrogens is 376 g/mol. The number of carbonyl (C=O) groups is 1. The Bertz CT molecular complexity index is 948. The van der Waals surface area contributed by atoms with Crippen LogP contribution in [0.2, 0.25) is 0 Å². The van der Waals surface area contributed by atoms with Crippen LogP contribution in [-0.2, 0) is 4.74 Å². The lowest BCUT2D eigenvalue weighted by atomic mass is 10.1. The second-order valence-corrected chi connectivity index (χ2v) is 7.43. The largest absolute Gasteiger partial charge is 0.490 e. The maximum absolute atomic E-state index is 12.5. The first kappa shape index (κ1) is 18.6. The van der Waals surface area contributed by atoms with Gasteiger partial charge >= 0.3 is 5.97 Å². The Balaban J connectivity index is 1.37. The first-order valence-electron chi connectivity index (χ1n) is 9.39. The average Bonchev–Trinajstić information content (AvgIpc) is 3.09. The summed E-state index contributed by atoms with van der Waals surface area (Å²) in [5.74, 6) is 0.841. The Labute approximate surface area is 167 Å². The van der Waals surface area contributed by atoms with E-state index in [2.05, 4.69) is 16.0 Å². The molecule has 0 spiro atoms. The summed E-state index contributed by atoms with van der Waals surface area (Å²) < 4.78 is 17.9. The Kier molecular flexibility index (Phi) is 5.34. The Hall–Kier alpha value is -2.80. The van der Waals surface area contributed by atoms with Gasteiger partial charge in [0, 0.05) is 0 Å². The third-order valence-electron chi connectivity index (χ3n) is 4.45. The highest BCUT2D eigenvalue weighted by molar-refractivity contribution is 7.22. The molecule has 2 heterocycles. The van der Waals surface area contributed by atoms with Gasteiger partial charge in [0.15, 0.2) is 16.6 Å². The van der Waals surface area contributed by atoms with E-state index < -0.39 is 0 Å². The molecule has 146 valence electrons. The summed E-state index contributed by atoms with van der Waals surface area (Å²) >= 11 is 1.66. The molecule has 1 saturated heterocycles. The standard InChI is InChI=1S/C21H22N2O4S/c1-3-25-17-10-9-14(11-18(17)26-4-2)20(24)27-15-12-23(13-15)21-22-16-7-5-6-8-19(16)28-21/h5-11,15H,3-4,12-13H2,1-2H3. The van der Waals surface area contributed by atoms with Crippen molar-refractivity contribution in [3.8, 4) is 11.5 Å². The highest BCUT2D eigenvalue weighted by Gasteiger charge is 2.32. The minimum absolute atomic E-state index is 0.137. The quantitative estimate of drug-likeness (QED) is 0.558. The number of ether oxygens (including phenoxy) is 3. The molecule has 0 N–H and O–H groups in total. The lowest BCUT2D eigenvalue weighted by Gasteiger charge is -2.38. The van der Waals surface area contributed by atoms with E-state index >= 15 is 0 Å². The molecule has 0 atom stereocenters. The van der Waals surface area contributed by atoms with Crippen molar-refractivity contribution < 1.29 is 19.0 Å². The van der Waals surface area contributed by atoms with Crippen molar-refractivity contribution in [1.82, 2.24) is 4.98 Å². The highest BCUT2D eigenvalue weighted by Crippen LogP contribution is 2.32. The molecular formula is C21H22N2O4S. The summed E-state index contributed by atoms with van der Waals surface area (Å²) in [6, 6.07) is 13.2. The summed E-state index contributed by atoms with van der Waals surface area (Å²) in [5, 5.41) is 0.966. The van der Waals surface area contributed by atoms with E-state index in [1.807, 2.05) is 32.0 Å². The molecule has 2 aromatic carbocycles. The zero-order valence-corrected chi connectivity index (χ0v) is 16.7. The summed E-state index contributed by atoms with van der Waals surface area (Å²) in [7, 11) is 0. The van der Waals surface area contributed by atoms with Gasteiger partial charge in [-0.3, -0.25) is 0 Å². The van der Waals surface area contributed by atoms with Crippen LogP contribution in [0.1, 0.15) is 24.2 Å². The van der Waals surface area contributed by atoms with Crippen molar-refractivity contribution in [1.29, 1.82) is 0 Å². The van der Waals surface area contributed by atoms with E-state index in [0.717, 1.165) is 15.3 Å². The number of fused-ring (bicyclic) bond motifs is 1. The topological polar surface area (TPSA) is 60.9 Å². The van der Waals surface area contributed by atoms with Crippen molar-refractivity contribution in [2.45, 2.75) is 20.0 Å². The van der Waals surface area contributed by atoms with Crippen LogP contribution in [0.25, 0.3) is 10.2 Å². The maximum Gasteiger partial charge on any atom is 0.338 e. The van der Waals surface area contributed by atoms with Crippen LogP contribution >= 0.6 is 11.3 Å². The monoisotopic (exact) mass is 398 g/mol. The summed E-state index contributed by atoms with van der Waals surface area (Å²) in [4.78, 5) is 19.3. The number of anilines is 1. The third kappa shape index (κ3) is 3.75. The fraction of sp³-hybridized carbons (Fsp3) is 0.333. The first-order chi connectivity index (χ1) is 13.7.